The molecule has 2 rings (SSSR count). The molecule has 0 radical (unpaired) electrons. The highest BCUT2D eigenvalue weighted by Crippen LogP contribution is 2.14. The van der Waals surface area contributed by atoms with Crippen molar-refractivity contribution < 1.29 is 14.3 Å². The first-order chi connectivity index (χ1) is 10.2. The Balaban J connectivity index is 1.80. The molecule has 1 amide bonds. The van der Waals surface area contributed by atoms with Gasteiger partial charge < -0.3 is 9.47 Å². The van der Waals surface area contributed by atoms with Gasteiger partial charge in [0.05, 0.1) is 0 Å². The average molecular weight is 286 g/mol. The molecule has 0 unspecified atom stereocenters. The molecule has 0 spiro atoms. The maximum atomic E-state index is 11.4. The summed E-state index contributed by atoms with van der Waals surface area (Å²) in [5.74, 6) is 6.15. The summed E-state index contributed by atoms with van der Waals surface area (Å²) in [5, 5.41) is 0. The molecular formula is C16H18N2O3. The second-order valence-electron chi connectivity index (χ2n) is 4.51. The molecule has 0 saturated heterocycles. The van der Waals surface area contributed by atoms with Crippen LogP contribution in [0.1, 0.15) is 15.9 Å². The molecule has 2 aromatic carbocycles. The lowest BCUT2D eigenvalue weighted by Gasteiger charge is -2.09. The van der Waals surface area contributed by atoms with Crippen LogP contribution in [0.3, 0.4) is 0 Å². The quantitative estimate of drug-likeness (QED) is 0.369. The van der Waals surface area contributed by atoms with Crippen molar-refractivity contribution in [2.75, 3.05) is 13.2 Å². The number of hydrazine groups is 1. The fourth-order valence-corrected chi connectivity index (χ4v) is 1.76. The third-order valence-electron chi connectivity index (χ3n) is 2.87. The largest absolute Gasteiger partial charge is 0.490 e. The highest BCUT2D eigenvalue weighted by molar-refractivity contribution is 5.94. The molecule has 0 saturated carbocycles. The molecule has 0 atom stereocenters. The highest BCUT2D eigenvalue weighted by atomic mass is 16.5. The monoisotopic (exact) mass is 286 g/mol. The van der Waals surface area contributed by atoms with E-state index in [1.165, 1.54) is 5.56 Å². The third kappa shape index (κ3) is 4.50. The molecule has 5 heteroatoms. The molecule has 0 aromatic heterocycles. The van der Waals surface area contributed by atoms with E-state index < -0.39 is 0 Å². The number of nitrogen functional groups attached to an aromatic ring is 1. The number of carbonyl (C=O) groups excluding carboxylic acids is 1. The van der Waals surface area contributed by atoms with Gasteiger partial charge in [-0.1, -0.05) is 23.8 Å². The SMILES string of the molecule is Cc1ccc(OCCOc2cccc(C(=O)NN)c2)cc1. The van der Waals surface area contributed by atoms with Crippen LogP contribution >= 0.6 is 0 Å². The molecular weight excluding hydrogens is 268 g/mol. The molecule has 0 bridgehead atoms. The van der Waals surface area contributed by atoms with E-state index in [-0.39, 0.29) is 5.91 Å². The van der Waals surface area contributed by atoms with Crippen molar-refractivity contribution in [3.63, 3.8) is 0 Å². The first-order valence-electron chi connectivity index (χ1n) is 6.62. The van der Waals surface area contributed by atoms with Crippen molar-refractivity contribution in [2.24, 2.45) is 5.84 Å². The average Bonchev–Trinajstić information content (AvgIpc) is 2.53. The van der Waals surface area contributed by atoms with Crippen LogP contribution in [0, 0.1) is 6.92 Å². The van der Waals surface area contributed by atoms with Gasteiger partial charge in [0.15, 0.2) is 0 Å². The lowest BCUT2D eigenvalue weighted by Crippen LogP contribution is -2.29. The van der Waals surface area contributed by atoms with Crippen molar-refractivity contribution >= 4 is 5.91 Å². The normalized spacial score (nSPS) is 10.0. The van der Waals surface area contributed by atoms with Crippen LogP contribution < -0.4 is 20.7 Å². The minimum atomic E-state index is -0.351. The highest BCUT2D eigenvalue weighted by Gasteiger charge is 2.04. The van der Waals surface area contributed by atoms with Gasteiger partial charge in [0.25, 0.3) is 5.91 Å². The van der Waals surface area contributed by atoms with Crippen LogP contribution in [0.15, 0.2) is 48.5 Å². The van der Waals surface area contributed by atoms with Gasteiger partial charge in [-0.2, -0.15) is 0 Å². The molecule has 0 fully saturated rings. The Bertz CT molecular complexity index is 597. The number of hydrogen-bond donors (Lipinski definition) is 2. The number of benzene rings is 2. The fourth-order valence-electron chi connectivity index (χ4n) is 1.76. The Morgan fingerprint density at radius 2 is 1.71 bits per heavy atom. The van der Waals surface area contributed by atoms with E-state index in [1.54, 1.807) is 24.3 Å². The molecule has 0 aliphatic heterocycles. The Labute approximate surface area is 123 Å². The summed E-state index contributed by atoms with van der Waals surface area (Å²) in [6.45, 7) is 2.84. The van der Waals surface area contributed by atoms with Crippen LogP contribution in [-0.2, 0) is 0 Å². The number of amides is 1. The second-order valence-corrected chi connectivity index (χ2v) is 4.51. The zero-order chi connectivity index (χ0) is 15.1. The van der Waals surface area contributed by atoms with Gasteiger partial charge in [0.1, 0.15) is 24.7 Å². The van der Waals surface area contributed by atoms with E-state index in [1.807, 2.05) is 31.2 Å². The van der Waals surface area contributed by atoms with Gasteiger partial charge in [0.2, 0.25) is 0 Å². The summed E-state index contributed by atoms with van der Waals surface area (Å²) in [5.41, 5.74) is 3.72. The molecule has 5 nitrogen and oxygen atoms in total. The van der Waals surface area contributed by atoms with E-state index in [4.69, 9.17) is 15.3 Å². The Kier molecular flexibility index (Phi) is 5.17. The number of aryl methyl sites for hydroxylation is 1. The summed E-state index contributed by atoms with van der Waals surface area (Å²) in [4.78, 5) is 11.4. The zero-order valence-corrected chi connectivity index (χ0v) is 11.8. The van der Waals surface area contributed by atoms with E-state index in [2.05, 4.69) is 5.43 Å². The van der Waals surface area contributed by atoms with Gasteiger partial charge in [-0.25, -0.2) is 5.84 Å². The predicted octanol–water partition coefficient (Wildman–Crippen LogP) is 2.06. The number of nitrogens with two attached hydrogens (primary N) is 1. The number of nitrogens with one attached hydrogen (secondary N) is 1. The van der Waals surface area contributed by atoms with Gasteiger partial charge >= 0.3 is 0 Å². The second kappa shape index (κ2) is 7.31. The summed E-state index contributed by atoms with van der Waals surface area (Å²) in [7, 11) is 0. The third-order valence-corrected chi connectivity index (χ3v) is 2.87. The van der Waals surface area contributed by atoms with Crippen molar-refractivity contribution in [3.05, 3.63) is 59.7 Å². The predicted molar refractivity (Wildman–Crippen MR) is 80.3 cm³/mol. The van der Waals surface area contributed by atoms with E-state index >= 15 is 0 Å². The summed E-state index contributed by atoms with van der Waals surface area (Å²) >= 11 is 0. The number of ether oxygens (including phenoxy) is 2. The van der Waals surface area contributed by atoms with Gasteiger partial charge in [-0.05, 0) is 37.3 Å². The van der Waals surface area contributed by atoms with Gasteiger partial charge in [0, 0.05) is 5.56 Å². The molecule has 2 aromatic rings. The minimum Gasteiger partial charge on any atom is -0.490 e. The summed E-state index contributed by atoms with van der Waals surface area (Å²) in [6, 6.07) is 14.6. The van der Waals surface area contributed by atoms with Crippen molar-refractivity contribution in [3.8, 4) is 11.5 Å². The maximum Gasteiger partial charge on any atom is 0.265 e. The molecule has 0 aliphatic carbocycles. The van der Waals surface area contributed by atoms with E-state index in [0.717, 1.165) is 5.75 Å². The smallest absolute Gasteiger partial charge is 0.265 e. The van der Waals surface area contributed by atoms with Gasteiger partial charge in [-0.15, -0.1) is 0 Å². The molecule has 0 heterocycles. The molecule has 0 aliphatic rings. The molecule has 3 N–H and O–H groups in total. The number of hydrogen-bond acceptors (Lipinski definition) is 4. The van der Waals surface area contributed by atoms with Crippen LogP contribution in [0.2, 0.25) is 0 Å². The first-order valence-corrected chi connectivity index (χ1v) is 6.62. The Morgan fingerprint density at radius 1 is 1.05 bits per heavy atom. The summed E-state index contributed by atoms with van der Waals surface area (Å²) < 4.78 is 11.1. The van der Waals surface area contributed by atoms with E-state index in [9.17, 15) is 4.79 Å². The standard InChI is InChI=1S/C16H18N2O3/c1-12-5-7-14(8-6-12)20-9-10-21-15-4-2-3-13(11-15)16(19)18-17/h2-8,11H,9-10,17H2,1H3,(H,18,19). The number of rotatable bonds is 6. The fraction of sp³-hybridized carbons (Fsp3) is 0.188. The Morgan fingerprint density at radius 3 is 2.38 bits per heavy atom. The van der Waals surface area contributed by atoms with Gasteiger partial charge in [-0.3, -0.25) is 10.2 Å². The first kappa shape index (κ1) is 14.9. The maximum absolute atomic E-state index is 11.4. The zero-order valence-electron chi connectivity index (χ0n) is 11.8. The van der Waals surface area contributed by atoms with Crippen LogP contribution in [0.25, 0.3) is 0 Å². The lowest BCUT2D eigenvalue weighted by atomic mass is 10.2. The van der Waals surface area contributed by atoms with Crippen molar-refractivity contribution in [1.29, 1.82) is 0 Å². The van der Waals surface area contributed by atoms with Crippen molar-refractivity contribution in [1.82, 2.24) is 5.43 Å². The Hall–Kier alpha value is -2.53. The lowest BCUT2D eigenvalue weighted by molar-refractivity contribution is 0.0953. The topological polar surface area (TPSA) is 73.6 Å². The minimum absolute atomic E-state index is 0.351. The van der Waals surface area contributed by atoms with Crippen LogP contribution in [-0.4, -0.2) is 19.1 Å². The number of carbonyl (C=O) groups is 1. The van der Waals surface area contributed by atoms with Crippen molar-refractivity contribution in [2.45, 2.75) is 6.92 Å². The molecule has 21 heavy (non-hydrogen) atoms. The van der Waals surface area contributed by atoms with Crippen LogP contribution in [0.5, 0.6) is 11.5 Å². The van der Waals surface area contributed by atoms with E-state index in [0.29, 0.717) is 24.5 Å². The molecule has 110 valence electrons. The van der Waals surface area contributed by atoms with Crippen LogP contribution in [0.4, 0.5) is 0 Å². The summed E-state index contributed by atoms with van der Waals surface area (Å²) in [6.07, 6.45) is 0.